The van der Waals surface area contributed by atoms with E-state index in [0.29, 0.717) is 5.75 Å². The summed E-state index contributed by atoms with van der Waals surface area (Å²) in [6, 6.07) is 0. The molecule has 0 aromatic rings. The maximum Gasteiger partial charge on any atom is 0.258 e. The van der Waals surface area contributed by atoms with Gasteiger partial charge in [0.2, 0.25) is 0 Å². The van der Waals surface area contributed by atoms with E-state index >= 15 is 0 Å². The molecule has 0 unspecified atom stereocenters. The topological polar surface area (TPSA) is 32.7 Å². The van der Waals surface area contributed by atoms with E-state index in [1.165, 1.54) is 19.3 Å². The van der Waals surface area contributed by atoms with Gasteiger partial charge in [0.25, 0.3) is 5.91 Å². The van der Waals surface area contributed by atoms with Gasteiger partial charge in [-0.1, -0.05) is 11.8 Å². The molecule has 0 radical (unpaired) electrons. The van der Waals surface area contributed by atoms with E-state index in [9.17, 15) is 4.79 Å². The number of hydrogen-bond donors (Lipinski definition) is 0. The van der Waals surface area contributed by atoms with Crippen LogP contribution in [0.25, 0.3) is 0 Å². The molecule has 1 amide bonds. The molecule has 0 spiro atoms. The molecule has 0 aliphatic carbocycles. The number of thioether (sulfide) groups is 1. The SMILES string of the molecule is Cl.O=C1CSC(N2CCCCC2)=N1. The third-order valence-electron chi connectivity index (χ3n) is 2.17. The van der Waals surface area contributed by atoms with E-state index in [4.69, 9.17) is 0 Å². The Bertz CT molecular complexity index is 226. The highest BCUT2D eigenvalue weighted by atomic mass is 35.5. The number of likely N-dealkylation sites (tertiary alicyclic amines) is 1. The van der Waals surface area contributed by atoms with E-state index in [-0.39, 0.29) is 18.3 Å². The zero-order valence-corrected chi connectivity index (χ0v) is 8.99. The number of halogens is 1. The van der Waals surface area contributed by atoms with Gasteiger partial charge < -0.3 is 4.90 Å². The van der Waals surface area contributed by atoms with Crippen LogP contribution in [0.15, 0.2) is 4.99 Å². The highest BCUT2D eigenvalue weighted by Crippen LogP contribution is 2.20. The molecule has 3 nitrogen and oxygen atoms in total. The summed E-state index contributed by atoms with van der Waals surface area (Å²) in [5.74, 6) is 0.576. The van der Waals surface area contributed by atoms with Crippen LogP contribution in [0.2, 0.25) is 0 Å². The van der Waals surface area contributed by atoms with Crippen LogP contribution < -0.4 is 0 Å². The number of hydrogen-bond acceptors (Lipinski definition) is 3. The lowest BCUT2D eigenvalue weighted by Crippen LogP contribution is -2.33. The third-order valence-corrected chi connectivity index (χ3v) is 3.17. The molecule has 0 N–H and O–H groups in total. The molecule has 0 aromatic heterocycles. The number of piperidine rings is 1. The predicted molar refractivity (Wildman–Crippen MR) is 57.6 cm³/mol. The van der Waals surface area contributed by atoms with Gasteiger partial charge in [-0.15, -0.1) is 12.4 Å². The number of aliphatic imine (C=N–C) groups is 1. The molecule has 5 heteroatoms. The highest BCUT2D eigenvalue weighted by molar-refractivity contribution is 8.14. The monoisotopic (exact) mass is 220 g/mol. The second kappa shape index (κ2) is 4.86. The Hall–Kier alpha value is -0.220. The van der Waals surface area contributed by atoms with Gasteiger partial charge in [-0.2, -0.15) is 4.99 Å². The normalized spacial score (nSPS) is 22.6. The summed E-state index contributed by atoms with van der Waals surface area (Å²) in [6.07, 6.45) is 3.81. The first-order valence-electron chi connectivity index (χ1n) is 4.35. The van der Waals surface area contributed by atoms with Crippen LogP contribution in [0, 0.1) is 0 Å². The number of amidine groups is 1. The van der Waals surface area contributed by atoms with E-state index in [1.807, 2.05) is 0 Å². The maximum atomic E-state index is 10.9. The average Bonchev–Trinajstić information content (AvgIpc) is 2.54. The summed E-state index contributed by atoms with van der Waals surface area (Å²) in [5, 5.41) is 0.958. The Labute approximate surface area is 88.4 Å². The molecule has 0 aromatic carbocycles. The van der Waals surface area contributed by atoms with Gasteiger partial charge in [0.1, 0.15) is 0 Å². The zero-order valence-electron chi connectivity index (χ0n) is 7.36. The molecule has 74 valence electrons. The molecule has 0 bridgehead atoms. The van der Waals surface area contributed by atoms with Gasteiger partial charge in [0.05, 0.1) is 5.75 Å². The van der Waals surface area contributed by atoms with Crippen molar-refractivity contribution >= 4 is 35.2 Å². The Morgan fingerprint density at radius 1 is 1.23 bits per heavy atom. The fourth-order valence-electron chi connectivity index (χ4n) is 1.54. The van der Waals surface area contributed by atoms with Crippen LogP contribution in [0.1, 0.15) is 19.3 Å². The fourth-order valence-corrected chi connectivity index (χ4v) is 2.39. The number of carbonyl (C=O) groups excluding carboxylic acids is 1. The predicted octanol–water partition coefficient (Wildman–Crippen LogP) is 1.52. The Kier molecular flexibility index (Phi) is 4.06. The molecule has 1 saturated heterocycles. The molecule has 2 rings (SSSR count). The quantitative estimate of drug-likeness (QED) is 0.621. The summed E-state index contributed by atoms with van der Waals surface area (Å²) in [7, 11) is 0. The van der Waals surface area contributed by atoms with Crippen LogP contribution in [-0.2, 0) is 4.79 Å². The van der Waals surface area contributed by atoms with Gasteiger partial charge in [-0.3, -0.25) is 4.79 Å². The summed E-state index contributed by atoms with van der Waals surface area (Å²) in [6.45, 7) is 2.16. The Morgan fingerprint density at radius 3 is 2.46 bits per heavy atom. The van der Waals surface area contributed by atoms with Gasteiger partial charge in [0.15, 0.2) is 5.17 Å². The van der Waals surface area contributed by atoms with E-state index in [1.54, 1.807) is 11.8 Å². The van der Waals surface area contributed by atoms with Crippen molar-refractivity contribution in [1.29, 1.82) is 0 Å². The number of nitrogens with zero attached hydrogens (tertiary/aromatic N) is 2. The Balaban J connectivity index is 0.000000845. The summed E-state index contributed by atoms with van der Waals surface area (Å²) in [5.41, 5.74) is 0. The highest BCUT2D eigenvalue weighted by Gasteiger charge is 2.21. The minimum absolute atomic E-state index is 0. The molecule has 1 fully saturated rings. The van der Waals surface area contributed by atoms with Crippen LogP contribution in [-0.4, -0.2) is 34.8 Å². The molecular formula is C8H13ClN2OS. The van der Waals surface area contributed by atoms with Crippen molar-refractivity contribution in [3.63, 3.8) is 0 Å². The van der Waals surface area contributed by atoms with E-state index in [0.717, 1.165) is 18.3 Å². The van der Waals surface area contributed by atoms with Crippen molar-refractivity contribution in [2.45, 2.75) is 19.3 Å². The lowest BCUT2D eigenvalue weighted by molar-refractivity contribution is -0.115. The third kappa shape index (κ3) is 2.61. The van der Waals surface area contributed by atoms with E-state index < -0.39 is 0 Å². The summed E-state index contributed by atoms with van der Waals surface area (Å²) in [4.78, 5) is 17.1. The lowest BCUT2D eigenvalue weighted by Gasteiger charge is -2.27. The largest absolute Gasteiger partial charge is 0.351 e. The molecule has 13 heavy (non-hydrogen) atoms. The second-order valence-electron chi connectivity index (χ2n) is 3.12. The smallest absolute Gasteiger partial charge is 0.258 e. The zero-order chi connectivity index (χ0) is 8.39. The lowest BCUT2D eigenvalue weighted by atomic mass is 10.1. The molecule has 2 aliphatic heterocycles. The average molecular weight is 221 g/mol. The number of rotatable bonds is 0. The van der Waals surface area contributed by atoms with Crippen LogP contribution in [0.5, 0.6) is 0 Å². The number of amides is 1. The summed E-state index contributed by atoms with van der Waals surface area (Å²) < 4.78 is 0. The summed E-state index contributed by atoms with van der Waals surface area (Å²) >= 11 is 1.58. The first-order valence-corrected chi connectivity index (χ1v) is 5.34. The molecule has 2 heterocycles. The minimum atomic E-state index is 0. The Morgan fingerprint density at radius 2 is 1.92 bits per heavy atom. The van der Waals surface area contributed by atoms with Crippen molar-refractivity contribution in [2.75, 3.05) is 18.8 Å². The fraction of sp³-hybridized carbons (Fsp3) is 0.750. The second-order valence-corrected chi connectivity index (χ2v) is 4.07. The minimum Gasteiger partial charge on any atom is -0.351 e. The van der Waals surface area contributed by atoms with Crippen molar-refractivity contribution in [1.82, 2.24) is 4.90 Å². The van der Waals surface area contributed by atoms with Crippen molar-refractivity contribution < 1.29 is 4.79 Å². The first kappa shape index (κ1) is 10.9. The van der Waals surface area contributed by atoms with Crippen molar-refractivity contribution in [3.05, 3.63) is 0 Å². The van der Waals surface area contributed by atoms with Crippen LogP contribution in [0.4, 0.5) is 0 Å². The van der Waals surface area contributed by atoms with Gasteiger partial charge in [0, 0.05) is 13.1 Å². The molecule has 0 saturated carbocycles. The molecular weight excluding hydrogens is 208 g/mol. The first-order chi connectivity index (χ1) is 5.86. The van der Waals surface area contributed by atoms with Crippen LogP contribution in [0.3, 0.4) is 0 Å². The van der Waals surface area contributed by atoms with Gasteiger partial charge in [-0.05, 0) is 19.3 Å². The number of carbonyl (C=O) groups is 1. The molecule has 0 atom stereocenters. The van der Waals surface area contributed by atoms with Crippen LogP contribution >= 0.6 is 24.2 Å². The van der Waals surface area contributed by atoms with Gasteiger partial charge >= 0.3 is 0 Å². The maximum absolute atomic E-state index is 10.9. The van der Waals surface area contributed by atoms with Gasteiger partial charge in [-0.25, -0.2) is 0 Å². The van der Waals surface area contributed by atoms with Crippen molar-refractivity contribution in [2.24, 2.45) is 4.99 Å². The van der Waals surface area contributed by atoms with Crippen molar-refractivity contribution in [3.8, 4) is 0 Å². The van der Waals surface area contributed by atoms with E-state index in [2.05, 4.69) is 9.89 Å². The molecule has 2 aliphatic rings. The standard InChI is InChI=1S/C8H12N2OS.ClH/c11-7-6-12-8(9-7)10-4-2-1-3-5-10;/h1-6H2;1H.